The lowest BCUT2D eigenvalue weighted by atomic mass is 10.1. The Bertz CT molecular complexity index is 1020. The predicted molar refractivity (Wildman–Crippen MR) is 101 cm³/mol. The first-order valence-corrected chi connectivity index (χ1v) is 8.67. The summed E-state index contributed by atoms with van der Waals surface area (Å²) in [6, 6.07) is 19.8. The summed E-state index contributed by atoms with van der Waals surface area (Å²) >= 11 is 12.3. The third-order valence-electron chi connectivity index (χ3n) is 3.92. The van der Waals surface area contributed by atoms with E-state index in [-0.39, 0.29) is 0 Å². The van der Waals surface area contributed by atoms with Crippen molar-refractivity contribution < 1.29 is 0 Å². The van der Waals surface area contributed by atoms with Gasteiger partial charge < -0.3 is 0 Å². The van der Waals surface area contributed by atoms with E-state index in [1.54, 1.807) is 4.52 Å². The van der Waals surface area contributed by atoms with Gasteiger partial charge in [-0.15, -0.1) is 0 Å². The molecule has 0 saturated carbocycles. The molecule has 4 aromatic rings. The molecule has 0 fully saturated rings. The molecule has 6 heteroatoms. The normalized spacial score (nSPS) is 11.4. The molecule has 0 atom stereocenters. The van der Waals surface area contributed by atoms with Crippen molar-refractivity contribution in [1.29, 1.82) is 0 Å². The average molecular weight is 369 g/mol. The van der Waals surface area contributed by atoms with Gasteiger partial charge in [0.1, 0.15) is 0 Å². The lowest BCUT2D eigenvalue weighted by Gasteiger charge is -2.07. The van der Waals surface area contributed by atoms with Crippen molar-refractivity contribution in [3.63, 3.8) is 0 Å². The predicted octanol–water partition coefficient (Wildman–Crippen LogP) is 5.24. The topological polar surface area (TPSA) is 43.1 Å². The number of alkyl halides is 2. The Hall–Kier alpha value is -2.43. The van der Waals surface area contributed by atoms with Crippen LogP contribution in [-0.2, 0) is 0 Å². The van der Waals surface area contributed by atoms with Crippen LogP contribution in [0.15, 0.2) is 60.7 Å². The van der Waals surface area contributed by atoms with E-state index >= 15 is 0 Å². The average Bonchev–Trinajstić information content (AvgIpc) is 3.06. The summed E-state index contributed by atoms with van der Waals surface area (Å²) in [6.45, 7) is 2.05. The molecule has 0 aliphatic heterocycles. The molecule has 25 heavy (non-hydrogen) atoms. The van der Waals surface area contributed by atoms with Gasteiger partial charge in [-0.1, -0.05) is 83.4 Å². The summed E-state index contributed by atoms with van der Waals surface area (Å²) in [7, 11) is 0. The summed E-state index contributed by atoms with van der Waals surface area (Å²) < 4.78 is 1.60. The quantitative estimate of drug-likeness (QED) is 0.464. The van der Waals surface area contributed by atoms with Crippen molar-refractivity contribution in [3.8, 4) is 22.6 Å². The van der Waals surface area contributed by atoms with E-state index < -0.39 is 4.84 Å². The van der Waals surface area contributed by atoms with Crippen molar-refractivity contribution in [2.24, 2.45) is 0 Å². The summed E-state index contributed by atoms with van der Waals surface area (Å²) in [6.07, 6.45) is 0. The van der Waals surface area contributed by atoms with Gasteiger partial charge in [-0.2, -0.15) is 9.61 Å². The monoisotopic (exact) mass is 368 g/mol. The molecular formula is C19H14Cl2N4. The Kier molecular flexibility index (Phi) is 4.15. The highest BCUT2D eigenvalue weighted by Crippen LogP contribution is 2.28. The molecule has 4 nitrogen and oxygen atoms in total. The Morgan fingerprint density at radius 3 is 2.28 bits per heavy atom. The van der Waals surface area contributed by atoms with Crippen molar-refractivity contribution in [3.05, 3.63) is 72.1 Å². The summed E-state index contributed by atoms with van der Waals surface area (Å²) in [5.41, 5.74) is 4.56. The number of hydrogen-bond donors (Lipinski definition) is 0. The molecule has 0 aliphatic rings. The van der Waals surface area contributed by atoms with Gasteiger partial charge in [0.25, 0.3) is 0 Å². The first kappa shape index (κ1) is 16.1. The molecule has 0 bridgehead atoms. The zero-order chi connectivity index (χ0) is 17.4. The van der Waals surface area contributed by atoms with Crippen LogP contribution in [-0.4, -0.2) is 19.6 Å². The fourth-order valence-corrected chi connectivity index (χ4v) is 2.91. The molecule has 2 aromatic carbocycles. The fraction of sp³-hybridized carbons (Fsp3) is 0.105. The van der Waals surface area contributed by atoms with E-state index in [1.807, 2.05) is 60.7 Å². The van der Waals surface area contributed by atoms with Crippen LogP contribution < -0.4 is 0 Å². The molecule has 0 aliphatic carbocycles. The largest absolute Gasteiger partial charge is 0.210 e. The number of hydrogen-bond acceptors (Lipinski definition) is 3. The van der Waals surface area contributed by atoms with Gasteiger partial charge in [0.05, 0.1) is 5.69 Å². The fourth-order valence-electron chi connectivity index (χ4n) is 2.63. The number of fused-ring (bicyclic) bond motifs is 1. The van der Waals surface area contributed by atoms with Crippen LogP contribution in [0, 0.1) is 6.92 Å². The lowest BCUT2D eigenvalue weighted by Crippen LogP contribution is -2.06. The maximum absolute atomic E-state index is 6.13. The molecule has 0 amide bonds. The molecule has 4 rings (SSSR count). The minimum Gasteiger partial charge on any atom is -0.210 e. The molecule has 2 aromatic heterocycles. The molecule has 2 heterocycles. The number of benzene rings is 2. The van der Waals surface area contributed by atoms with Crippen molar-refractivity contribution >= 4 is 28.8 Å². The van der Waals surface area contributed by atoms with Crippen LogP contribution >= 0.6 is 23.2 Å². The number of aryl methyl sites for hydroxylation is 1. The lowest BCUT2D eigenvalue weighted by molar-refractivity contribution is 0.826. The van der Waals surface area contributed by atoms with Crippen molar-refractivity contribution in [2.45, 2.75) is 11.8 Å². The van der Waals surface area contributed by atoms with Crippen LogP contribution in [0.4, 0.5) is 0 Å². The number of halogens is 2. The number of nitrogens with zero attached hydrogens (tertiary/aromatic N) is 4. The second-order valence-electron chi connectivity index (χ2n) is 5.74. The highest BCUT2D eigenvalue weighted by Gasteiger charge is 2.17. The van der Waals surface area contributed by atoms with Gasteiger partial charge in [0.2, 0.25) is 0 Å². The summed E-state index contributed by atoms with van der Waals surface area (Å²) in [5, 5.41) is 4.59. The van der Waals surface area contributed by atoms with E-state index in [0.29, 0.717) is 17.3 Å². The Labute approximate surface area is 155 Å². The SMILES string of the molecule is Cc1ccc(-c2cc3nc(-c4ccccc4)nc(C(Cl)Cl)n3n2)cc1. The van der Waals surface area contributed by atoms with Crippen molar-refractivity contribution in [2.75, 3.05) is 0 Å². The van der Waals surface area contributed by atoms with Gasteiger partial charge in [-0.05, 0) is 6.92 Å². The Balaban J connectivity index is 1.91. The third kappa shape index (κ3) is 3.11. The minimum absolute atomic E-state index is 0.450. The van der Waals surface area contributed by atoms with E-state index in [4.69, 9.17) is 23.2 Å². The molecule has 0 radical (unpaired) electrons. The van der Waals surface area contributed by atoms with Crippen LogP contribution in [0.1, 0.15) is 16.2 Å². The van der Waals surface area contributed by atoms with Gasteiger partial charge in [-0.3, -0.25) is 0 Å². The standard InChI is InChI=1S/C19H14Cl2N4/c1-12-7-9-13(10-8-12)15-11-16-22-18(14-5-3-2-4-6-14)23-19(17(20)21)25(16)24-15/h2-11,17H,1H3. The molecule has 0 saturated heterocycles. The zero-order valence-electron chi connectivity index (χ0n) is 13.4. The number of aromatic nitrogens is 4. The van der Waals surface area contributed by atoms with Gasteiger partial charge in [-0.25, -0.2) is 9.97 Å². The summed E-state index contributed by atoms with van der Waals surface area (Å²) in [4.78, 5) is 8.33. The van der Waals surface area contributed by atoms with E-state index in [0.717, 1.165) is 16.8 Å². The highest BCUT2D eigenvalue weighted by atomic mass is 35.5. The maximum atomic E-state index is 6.13. The first-order valence-electron chi connectivity index (χ1n) is 7.80. The Morgan fingerprint density at radius 2 is 1.60 bits per heavy atom. The number of rotatable bonds is 3. The van der Waals surface area contributed by atoms with Crippen LogP contribution in [0.5, 0.6) is 0 Å². The maximum Gasteiger partial charge on any atom is 0.167 e. The van der Waals surface area contributed by atoms with Gasteiger partial charge >= 0.3 is 0 Å². The second kappa shape index (κ2) is 6.47. The molecule has 124 valence electrons. The molecule has 0 spiro atoms. The zero-order valence-corrected chi connectivity index (χ0v) is 14.9. The molecular weight excluding hydrogens is 355 g/mol. The first-order chi connectivity index (χ1) is 12.1. The summed E-state index contributed by atoms with van der Waals surface area (Å²) in [5.74, 6) is 1.02. The Morgan fingerprint density at radius 1 is 0.880 bits per heavy atom. The smallest absolute Gasteiger partial charge is 0.167 e. The second-order valence-corrected chi connectivity index (χ2v) is 6.83. The van der Waals surface area contributed by atoms with Gasteiger partial charge in [0.15, 0.2) is 22.1 Å². The van der Waals surface area contributed by atoms with E-state index in [2.05, 4.69) is 22.0 Å². The van der Waals surface area contributed by atoms with Crippen molar-refractivity contribution in [1.82, 2.24) is 19.6 Å². The third-order valence-corrected chi connectivity index (χ3v) is 4.31. The van der Waals surface area contributed by atoms with Crippen LogP contribution in [0.2, 0.25) is 0 Å². The van der Waals surface area contributed by atoms with Crippen LogP contribution in [0.25, 0.3) is 28.3 Å². The molecule has 0 unspecified atom stereocenters. The molecule has 0 N–H and O–H groups in total. The van der Waals surface area contributed by atoms with E-state index in [9.17, 15) is 0 Å². The van der Waals surface area contributed by atoms with E-state index in [1.165, 1.54) is 5.56 Å². The van der Waals surface area contributed by atoms with Gasteiger partial charge in [0, 0.05) is 17.2 Å². The highest BCUT2D eigenvalue weighted by molar-refractivity contribution is 6.43. The van der Waals surface area contributed by atoms with Crippen LogP contribution in [0.3, 0.4) is 0 Å². The minimum atomic E-state index is -0.807.